The van der Waals surface area contributed by atoms with E-state index < -0.39 is 0 Å². The molecule has 1 aliphatic rings. The van der Waals surface area contributed by atoms with Crippen LogP contribution in [0, 0.1) is 5.92 Å². The molecule has 0 saturated heterocycles. The Morgan fingerprint density at radius 1 is 1.45 bits per heavy atom. The monoisotopic (exact) mass is 275 g/mol. The van der Waals surface area contributed by atoms with Crippen molar-refractivity contribution in [1.82, 2.24) is 19.9 Å². The van der Waals surface area contributed by atoms with Crippen molar-refractivity contribution in [3.63, 3.8) is 0 Å². The van der Waals surface area contributed by atoms with E-state index in [1.165, 1.54) is 12.8 Å². The van der Waals surface area contributed by atoms with Gasteiger partial charge in [0.25, 0.3) is 0 Å². The maximum absolute atomic E-state index is 6.02. The summed E-state index contributed by atoms with van der Waals surface area (Å²) in [6.07, 6.45) is 8.02. The Morgan fingerprint density at radius 2 is 2.20 bits per heavy atom. The van der Waals surface area contributed by atoms with Gasteiger partial charge in [-0.15, -0.1) is 0 Å². The van der Waals surface area contributed by atoms with Crippen molar-refractivity contribution in [3.8, 4) is 11.4 Å². The number of rotatable bonds is 3. The summed E-state index contributed by atoms with van der Waals surface area (Å²) in [6.45, 7) is 2.85. The van der Waals surface area contributed by atoms with E-state index >= 15 is 0 Å². The first-order valence-electron chi connectivity index (χ1n) is 7.16. The van der Waals surface area contributed by atoms with Crippen LogP contribution in [0.15, 0.2) is 16.9 Å². The lowest BCUT2D eigenvalue weighted by molar-refractivity contribution is 0.191. The normalized spacial score (nSPS) is 26.9. The predicted octanol–water partition coefficient (Wildman–Crippen LogP) is 1.88. The maximum atomic E-state index is 6.02. The van der Waals surface area contributed by atoms with E-state index in [9.17, 15) is 0 Å². The third-order valence-corrected chi connectivity index (χ3v) is 4.46. The van der Waals surface area contributed by atoms with E-state index in [0.717, 1.165) is 24.3 Å². The molecule has 2 aromatic rings. The standard InChI is InChI=1S/C14H21N5O/c1-10-3-5-14(9-15,6-4-10)13-17-12(18-20-13)11-7-16-19(2)8-11/h7-8,10H,3-6,9,15H2,1-2H3. The van der Waals surface area contributed by atoms with E-state index in [1.54, 1.807) is 10.9 Å². The summed E-state index contributed by atoms with van der Waals surface area (Å²) in [4.78, 5) is 4.57. The Kier molecular flexibility index (Phi) is 3.33. The third kappa shape index (κ3) is 2.24. The number of hydrogen-bond donors (Lipinski definition) is 1. The van der Waals surface area contributed by atoms with Crippen LogP contribution in [0.2, 0.25) is 0 Å². The van der Waals surface area contributed by atoms with Crippen molar-refractivity contribution in [1.29, 1.82) is 0 Å². The molecule has 0 amide bonds. The molecule has 1 fully saturated rings. The van der Waals surface area contributed by atoms with Crippen LogP contribution < -0.4 is 5.73 Å². The van der Waals surface area contributed by atoms with Crippen molar-refractivity contribution >= 4 is 0 Å². The Bertz CT molecular complexity index is 580. The van der Waals surface area contributed by atoms with Crippen molar-refractivity contribution in [3.05, 3.63) is 18.3 Å². The highest BCUT2D eigenvalue weighted by Crippen LogP contribution is 2.40. The molecule has 0 aliphatic heterocycles. The Labute approximate surface area is 118 Å². The quantitative estimate of drug-likeness (QED) is 0.924. The molecule has 6 heteroatoms. The lowest BCUT2D eigenvalue weighted by Crippen LogP contribution is -2.39. The second kappa shape index (κ2) is 5.01. The van der Waals surface area contributed by atoms with Gasteiger partial charge in [0, 0.05) is 19.8 Å². The van der Waals surface area contributed by atoms with Crippen LogP contribution in [-0.2, 0) is 12.5 Å². The predicted molar refractivity (Wildman–Crippen MR) is 74.9 cm³/mol. The second-order valence-electron chi connectivity index (χ2n) is 5.99. The lowest BCUT2D eigenvalue weighted by atomic mass is 9.71. The zero-order valence-corrected chi connectivity index (χ0v) is 12.0. The van der Waals surface area contributed by atoms with Gasteiger partial charge in [-0.2, -0.15) is 10.1 Å². The van der Waals surface area contributed by atoms with Crippen LogP contribution in [0.3, 0.4) is 0 Å². The molecule has 0 spiro atoms. The molecule has 108 valence electrons. The highest BCUT2D eigenvalue weighted by Gasteiger charge is 2.39. The van der Waals surface area contributed by atoms with Gasteiger partial charge in [-0.05, 0) is 31.6 Å². The summed E-state index contributed by atoms with van der Waals surface area (Å²) in [5.74, 6) is 2.04. The van der Waals surface area contributed by atoms with E-state index in [2.05, 4.69) is 22.2 Å². The summed E-state index contributed by atoms with van der Waals surface area (Å²) in [7, 11) is 1.87. The van der Waals surface area contributed by atoms with Gasteiger partial charge >= 0.3 is 0 Å². The summed E-state index contributed by atoms with van der Waals surface area (Å²) in [5, 5.41) is 8.22. The van der Waals surface area contributed by atoms with Gasteiger partial charge in [-0.1, -0.05) is 12.1 Å². The number of hydrogen-bond acceptors (Lipinski definition) is 5. The fraction of sp³-hybridized carbons (Fsp3) is 0.643. The SMILES string of the molecule is CC1CCC(CN)(c2nc(-c3cnn(C)c3)no2)CC1. The number of aryl methyl sites for hydroxylation is 1. The van der Waals surface area contributed by atoms with Gasteiger partial charge in [0.2, 0.25) is 11.7 Å². The molecular weight excluding hydrogens is 254 g/mol. The third-order valence-electron chi connectivity index (χ3n) is 4.46. The molecule has 3 rings (SSSR count). The Balaban J connectivity index is 1.88. The number of aromatic nitrogens is 4. The largest absolute Gasteiger partial charge is 0.338 e. The highest BCUT2D eigenvalue weighted by atomic mass is 16.5. The molecule has 0 bridgehead atoms. The van der Waals surface area contributed by atoms with Crippen LogP contribution >= 0.6 is 0 Å². The van der Waals surface area contributed by atoms with Crippen LogP contribution in [0.25, 0.3) is 11.4 Å². The van der Waals surface area contributed by atoms with Crippen molar-refractivity contribution < 1.29 is 4.52 Å². The summed E-state index contributed by atoms with van der Waals surface area (Å²) < 4.78 is 7.25. The molecule has 0 aromatic carbocycles. The van der Waals surface area contributed by atoms with Crippen LogP contribution in [0.1, 0.15) is 38.5 Å². The molecule has 1 aliphatic carbocycles. The summed E-state index contributed by atoms with van der Waals surface area (Å²) in [5.41, 5.74) is 6.76. The van der Waals surface area contributed by atoms with Crippen molar-refractivity contribution in [2.45, 2.75) is 38.0 Å². The Morgan fingerprint density at radius 3 is 2.80 bits per heavy atom. The minimum Gasteiger partial charge on any atom is -0.338 e. The first-order chi connectivity index (χ1) is 9.63. The minimum absolute atomic E-state index is 0.139. The smallest absolute Gasteiger partial charge is 0.234 e. The molecule has 20 heavy (non-hydrogen) atoms. The fourth-order valence-electron chi connectivity index (χ4n) is 2.91. The maximum Gasteiger partial charge on any atom is 0.234 e. The van der Waals surface area contributed by atoms with Gasteiger partial charge in [-0.3, -0.25) is 4.68 Å². The molecule has 2 aromatic heterocycles. The molecule has 6 nitrogen and oxygen atoms in total. The fourth-order valence-corrected chi connectivity index (χ4v) is 2.91. The molecule has 2 heterocycles. The lowest BCUT2D eigenvalue weighted by Gasteiger charge is -2.35. The molecule has 1 saturated carbocycles. The first-order valence-corrected chi connectivity index (χ1v) is 7.16. The van der Waals surface area contributed by atoms with Crippen LogP contribution in [0.5, 0.6) is 0 Å². The number of nitrogens with zero attached hydrogens (tertiary/aromatic N) is 4. The van der Waals surface area contributed by atoms with Gasteiger partial charge in [0.05, 0.1) is 17.2 Å². The average molecular weight is 275 g/mol. The van der Waals surface area contributed by atoms with Gasteiger partial charge < -0.3 is 10.3 Å². The van der Waals surface area contributed by atoms with E-state index in [1.807, 2.05) is 13.2 Å². The topological polar surface area (TPSA) is 82.8 Å². The zero-order valence-electron chi connectivity index (χ0n) is 12.0. The Hall–Kier alpha value is -1.69. The second-order valence-corrected chi connectivity index (χ2v) is 5.99. The van der Waals surface area contributed by atoms with E-state index in [4.69, 9.17) is 10.3 Å². The van der Waals surface area contributed by atoms with Crippen molar-refractivity contribution in [2.75, 3.05) is 6.54 Å². The highest BCUT2D eigenvalue weighted by molar-refractivity contribution is 5.51. The minimum atomic E-state index is -0.139. The molecule has 0 atom stereocenters. The first kappa shape index (κ1) is 13.3. The molecule has 2 N–H and O–H groups in total. The summed E-state index contributed by atoms with van der Waals surface area (Å²) >= 11 is 0. The van der Waals surface area contributed by atoms with Gasteiger partial charge in [0.1, 0.15) is 0 Å². The number of nitrogens with two attached hydrogens (primary N) is 1. The zero-order chi connectivity index (χ0) is 14.2. The van der Waals surface area contributed by atoms with Crippen LogP contribution in [0.4, 0.5) is 0 Å². The molecule has 0 unspecified atom stereocenters. The summed E-state index contributed by atoms with van der Waals surface area (Å²) in [6, 6.07) is 0. The molecular formula is C14H21N5O. The average Bonchev–Trinajstić information content (AvgIpc) is 3.09. The molecule has 0 radical (unpaired) electrons. The van der Waals surface area contributed by atoms with Gasteiger partial charge in [0.15, 0.2) is 0 Å². The van der Waals surface area contributed by atoms with Crippen LogP contribution in [-0.4, -0.2) is 26.5 Å². The van der Waals surface area contributed by atoms with E-state index in [0.29, 0.717) is 18.3 Å². The van der Waals surface area contributed by atoms with Gasteiger partial charge in [-0.25, -0.2) is 0 Å². The van der Waals surface area contributed by atoms with E-state index in [-0.39, 0.29) is 5.41 Å². The van der Waals surface area contributed by atoms with Crippen molar-refractivity contribution in [2.24, 2.45) is 18.7 Å².